The van der Waals surface area contributed by atoms with Gasteiger partial charge in [0.2, 0.25) is 12.7 Å². The molecule has 2 saturated heterocycles. The highest BCUT2D eigenvalue weighted by molar-refractivity contribution is 5.73. The number of piperidine rings is 1. The molecule has 0 aromatic heterocycles. The van der Waals surface area contributed by atoms with Crippen LogP contribution in [0.4, 0.5) is 0 Å². The number of nitrogens with zero attached hydrogens (tertiary/aromatic N) is 2. The monoisotopic (exact) mass is 360 g/mol. The van der Waals surface area contributed by atoms with E-state index in [-0.39, 0.29) is 11.3 Å². The van der Waals surface area contributed by atoms with E-state index in [1.165, 1.54) is 5.56 Å². The van der Waals surface area contributed by atoms with Crippen LogP contribution in [0, 0.1) is 11.3 Å². The van der Waals surface area contributed by atoms with Gasteiger partial charge in [0, 0.05) is 39.6 Å². The lowest BCUT2D eigenvalue weighted by atomic mass is 9.71. The average Bonchev–Trinajstić information content (AvgIpc) is 3.23. The number of carbonyl (C=O) groups is 1. The number of carbonyl (C=O) groups excluding carboxylic acids is 1. The van der Waals surface area contributed by atoms with Gasteiger partial charge in [0.25, 0.3) is 0 Å². The minimum absolute atomic E-state index is 0.186. The third kappa shape index (κ3) is 3.28. The predicted molar refractivity (Wildman–Crippen MR) is 97.1 cm³/mol. The zero-order chi connectivity index (χ0) is 18.1. The van der Waals surface area contributed by atoms with E-state index < -0.39 is 0 Å². The van der Waals surface area contributed by atoms with Crippen molar-refractivity contribution in [3.63, 3.8) is 0 Å². The summed E-state index contributed by atoms with van der Waals surface area (Å²) in [6.45, 7) is 7.50. The van der Waals surface area contributed by atoms with Crippen molar-refractivity contribution in [3.8, 4) is 11.5 Å². The van der Waals surface area contributed by atoms with Crippen molar-refractivity contribution in [1.29, 1.82) is 0 Å². The summed E-state index contributed by atoms with van der Waals surface area (Å²) in [5.41, 5.74) is 1.47. The molecule has 1 aromatic rings. The predicted octanol–water partition coefficient (Wildman–Crippen LogP) is 2.12. The number of fused-ring (bicyclic) bond motifs is 1. The van der Waals surface area contributed by atoms with Crippen LogP contribution in [0.25, 0.3) is 0 Å². The lowest BCUT2D eigenvalue weighted by molar-refractivity contribution is -0.128. The van der Waals surface area contributed by atoms with Crippen LogP contribution in [-0.2, 0) is 16.1 Å². The van der Waals surface area contributed by atoms with Crippen LogP contribution in [0.2, 0.25) is 0 Å². The fourth-order valence-corrected chi connectivity index (χ4v) is 4.72. The standard InChI is InChI=1S/C20H28N2O4/c1-15(23)22-11-17(12-24-2)20(13-22)5-7-21(8-6-20)10-16-3-4-18-19(9-16)26-14-25-18/h3-4,9,17H,5-8,10-14H2,1-2H3/t17-/m0/s1. The molecule has 1 amide bonds. The Bertz CT molecular complexity index is 670. The third-order valence-corrected chi connectivity index (χ3v) is 6.32. The van der Waals surface area contributed by atoms with Gasteiger partial charge in [-0.15, -0.1) is 0 Å². The Kier molecular flexibility index (Phi) is 4.80. The number of likely N-dealkylation sites (tertiary alicyclic amines) is 2. The number of benzene rings is 1. The third-order valence-electron chi connectivity index (χ3n) is 6.32. The number of hydrogen-bond donors (Lipinski definition) is 0. The molecule has 3 heterocycles. The summed E-state index contributed by atoms with van der Waals surface area (Å²) >= 11 is 0. The quantitative estimate of drug-likeness (QED) is 0.823. The molecule has 3 aliphatic heterocycles. The van der Waals surface area contributed by atoms with Crippen LogP contribution in [0.3, 0.4) is 0 Å². The number of amides is 1. The number of ether oxygens (including phenoxy) is 3. The lowest BCUT2D eigenvalue weighted by Crippen LogP contribution is -2.45. The molecule has 0 saturated carbocycles. The smallest absolute Gasteiger partial charge is 0.231 e. The summed E-state index contributed by atoms with van der Waals surface area (Å²) in [4.78, 5) is 16.4. The molecule has 0 N–H and O–H groups in total. The minimum Gasteiger partial charge on any atom is -0.454 e. The van der Waals surface area contributed by atoms with Gasteiger partial charge in [-0.25, -0.2) is 0 Å². The normalized spacial score (nSPS) is 24.4. The molecule has 26 heavy (non-hydrogen) atoms. The lowest BCUT2D eigenvalue weighted by Gasteiger charge is -2.42. The Morgan fingerprint density at radius 1 is 1.27 bits per heavy atom. The second-order valence-corrected chi connectivity index (χ2v) is 7.88. The molecule has 0 radical (unpaired) electrons. The Balaban J connectivity index is 1.39. The molecular formula is C20H28N2O4. The molecule has 1 spiro atoms. The highest BCUT2D eigenvalue weighted by Gasteiger charge is 2.48. The molecule has 142 valence electrons. The zero-order valence-corrected chi connectivity index (χ0v) is 15.7. The molecule has 6 heteroatoms. The van der Waals surface area contributed by atoms with E-state index in [0.29, 0.717) is 12.7 Å². The van der Waals surface area contributed by atoms with E-state index in [9.17, 15) is 4.79 Å². The molecule has 0 bridgehead atoms. The number of hydrogen-bond acceptors (Lipinski definition) is 5. The summed E-state index contributed by atoms with van der Waals surface area (Å²) in [5.74, 6) is 2.32. The SMILES string of the molecule is COC[C@@H]1CN(C(C)=O)CC12CCN(Cc1ccc3c(c1)OCO3)CC2. The zero-order valence-electron chi connectivity index (χ0n) is 15.7. The van der Waals surface area contributed by atoms with Gasteiger partial charge < -0.3 is 19.1 Å². The largest absolute Gasteiger partial charge is 0.454 e. The molecule has 2 fully saturated rings. The van der Waals surface area contributed by atoms with Crippen molar-refractivity contribution in [3.05, 3.63) is 23.8 Å². The van der Waals surface area contributed by atoms with E-state index in [4.69, 9.17) is 14.2 Å². The first-order chi connectivity index (χ1) is 12.6. The van der Waals surface area contributed by atoms with Crippen molar-refractivity contribution in [2.45, 2.75) is 26.3 Å². The maximum Gasteiger partial charge on any atom is 0.231 e. The Labute approximate surface area is 155 Å². The van der Waals surface area contributed by atoms with E-state index in [0.717, 1.165) is 63.7 Å². The maximum absolute atomic E-state index is 11.9. The first-order valence-electron chi connectivity index (χ1n) is 9.45. The van der Waals surface area contributed by atoms with E-state index in [2.05, 4.69) is 17.0 Å². The van der Waals surface area contributed by atoms with Crippen LogP contribution >= 0.6 is 0 Å². The maximum atomic E-state index is 11.9. The van der Waals surface area contributed by atoms with Gasteiger partial charge in [0.15, 0.2) is 11.5 Å². The fraction of sp³-hybridized carbons (Fsp3) is 0.650. The minimum atomic E-state index is 0.186. The fourth-order valence-electron chi connectivity index (χ4n) is 4.72. The summed E-state index contributed by atoms with van der Waals surface area (Å²) in [6, 6.07) is 6.21. The first-order valence-corrected chi connectivity index (χ1v) is 9.45. The van der Waals surface area contributed by atoms with Crippen molar-refractivity contribution in [2.75, 3.05) is 46.7 Å². The van der Waals surface area contributed by atoms with Crippen molar-refractivity contribution < 1.29 is 19.0 Å². The molecule has 3 aliphatic rings. The van der Waals surface area contributed by atoms with Gasteiger partial charge in [-0.1, -0.05) is 6.07 Å². The Hall–Kier alpha value is -1.79. The van der Waals surface area contributed by atoms with Gasteiger partial charge in [-0.2, -0.15) is 0 Å². The van der Waals surface area contributed by atoms with Gasteiger partial charge in [0.05, 0.1) is 6.61 Å². The van der Waals surface area contributed by atoms with Crippen molar-refractivity contribution in [2.24, 2.45) is 11.3 Å². The van der Waals surface area contributed by atoms with E-state index >= 15 is 0 Å². The molecule has 1 aromatic carbocycles. The number of methoxy groups -OCH3 is 1. The summed E-state index contributed by atoms with van der Waals surface area (Å²) in [7, 11) is 1.76. The van der Waals surface area contributed by atoms with Crippen LogP contribution < -0.4 is 9.47 Å². The first kappa shape index (κ1) is 17.6. The van der Waals surface area contributed by atoms with Crippen LogP contribution in [0.1, 0.15) is 25.3 Å². The highest BCUT2D eigenvalue weighted by atomic mass is 16.7. The summed E-state index contributed by atoms with van der Waals surface area (Å²) in [6.07, 6.45) is 2.24. The van der Waals surface area contributed by atoms with E-state index in [1.807, 2.05) is 11.0 Å². The van der Waals surface area contributed by atoms with Crippen molar-refractivity contribution in [1.82, 2.24) is 9.80 Å². The Morgan fingerprint density at radius 2 is 2.04 bits per heavy atom. The molecule has 0 unspecified atom stereocenters. The average molecular weight is 360 g/mol. The molecule has 4 rings (SSSR count). The van der Waals surface area contributed by atoms with Crippen LogP contribution in [-0.4, -0.2) is 62.4 Å². The summed E-state index contributed by atoms with van der Waals surface area (Å²) in [5, 5.41) is 0. The molecular weight excluding hydrogens is 332 g/mol. The van der Waals surface area contributed by atoms with E-state index in [1.54, 1.807) is 14.0 Å². The van der Waals surface area contributed by atoms with Crippen LogP contribution in [0.15, 0.2) is 18.2 Å². The Morgan fingerprint density at radius 3 is 2.77 bits per heavy atom. The topological polar surface area (TPSA) is 51.2 Å². The second-order valence-electron chi connectivity index (χ2n) is 7.88. The highest BCUT2D eigenvalue weighted by Crippen LogP contribution is 2.45. The molecule has 1 atom stereocenters. The van der Waals surface area contributed by atoms with Gasteiger partial charge in [-0.3, -0.25) is 9.69 Å². The second kappa shape index (κ2) is 7.08. The summed E-state index contributed by atoms with van der Waals surface area (Å²) < 4.78 is 16.3. The van der Waals surface area contributed by atoms with Gasteiger partial charge in [-0.05, 0) is 49.0 Å². The molecule has 0 aliphatic carbocycles. The molecule has 6 nitrogen and oxygen atoms in total. The van der Waals surface area contributed by atoms with Crippen molar-refractivity contribution >= 4 is 5.91 Å². The van der Waals surface area contributed by atoms with Gasteiger partial charge >= 0.3 is 0 Å². The number of rotatable bonds is 4. The van der Waals surface area contributed by atoms with Gasteiger partial charge in [0.1, 0.15) is 0 Å². The van der Waals surface area contributed by atoms with Crippen LogP contribution in [0.5, 0.6) is 11.5 Å².